The highest BCUT2D eigenvalue weighted by atomic mass is 31.2. The van der Waals surface area contributed by atoms with Gasteiger partial charge in [0.15, 0.2) is 11.5 Å². The molecule has 0 aromatic heterocycles. The molecule has 1 saturated heterocycles. The number of hydrogen-bond donors (Lipinski definition) is 1. The number of aliphatic hydroxyl groups excluding tert-OH is 1. The van der Waals surface area contributed by atoms with E-state index in [0.717, 1.165) is 0 Å². The van der Waals surface area contributed by atoms with Gasteiger partial charge in [-0.25, -0.2) is 4.57 Å². The molecule has 2 rings (SSSR count). The molecular formula is C6H9O5P. The third-order valence-electron chi connectivity index (χ3n) is 1.67. The summed E-state index contributed by atoms with van der Waals surface area (Å²) >= 11 is 0. The van der Waals surface area contributed by atoms with E-state index in [-0.39, 0.29) is 13.2 Å². The minimum Gasteiger partial charge on any atom is -0.396 e. The van der Waals surface area contributed by atoms with Crippen molar-refractivity contribution in [3.63, 3.8) is 0 Å². The number of allylic oxidation sites excluding steroid dienone is 1. The van der Waals surface area contributed by atoms with E-state index in [0.29, 0.717) is 24.4 Å². The molecule has 1 N–H and O–H groups in total. The summed E-state index contributed by atoms with van der Waals surface area (Å²) in [5, 5.41) is 8.54. The van der Waals surface area contributed by atoms with E-state index in [1.807, 2.05) is 0 Å². The standard InChI is InChI=1S/C6H9O5P/c7-3-1-2-5-6-4-9-12(8,10-5)11-6/h7H,1-4H2. The smallest absolute Gasteiger partial charge is 0.396 e. The molecule has 0 radical (unpaired) electrons. The van der Waals surface area contributed by atoms with Crippen LogP contribution in [0.4, 0.5) is 0 Å². The van der Waals surface area contributed by atoms with Crippen molar-refractivity contribution in [2.75, 3.05) is 13.2 Å². The third-order valence-corrected chi connectivity index (χ3v) is 3.00. The predicted molar refractivity (Wildman–Crippen MR) is 39.1 cm³/mol. The van der Waals surface area contributed by atoms with Crippen LogP contribution in [0.2, 0.25) is 0 Å². The number of rotatable bonds is 3. The predicted octanol–water partition coefficient (Wildman–Crippen LogP) is 1.16. The average molecular weight is 192 g/mol. The topological polar surface area (TPSA) is 65.0 Å². The zero-order valence-electron chi connectivity index (χ0n) is 6.36. The lowest BCUT2D eigenvalue weighted by Crippen LogP contribution is -1.98. The number of phosphoric acid groups is 1. The van der Waals surface area contributed by atoms with Gasteiger partial charge in [-0.15, -0.1) is 0 Å². The van der Waals surface area contributed by atoms with Crippen molar-refractivity contribution in [2.24, 2.45) is 0 Å². The fourth-order valence-electron chi connectivity index (χ4n) is 1.11. The van der Waals surface area contributed by atoms with Gasteiger partial charge < -0.3 is 14.2 Å². The first kappa shape index (κ1) is 8.10. The summed E-state index contributed by atoms with van der Waals surface area (Å²) in [5.74, 6) is 1.09. The second kappa shape index (κ2) is 2.76. The van der Waals surface area contributed by atoms with E-state index in [9.17, 15) is 4.57 Å². The largest absolute Gasteiger partial charge is 0.587 e. The zero-order valence-corrected chi connectivity index (χ0v) is 7.25. The van der Waals surface area contributed by atoms with Gasteiger partial charge in [0, 0.05) is 13.0 Å². The SMILES string of the molecule is O=P12OCC(=C(CCCO)O1)O2. The lowest BCUT2D eigenvalue weighted by Gasteiger charge is -2.08. The van der Waals surface area contributed by atoms with Crippen LogP contribution < -0.4 is 0 Å². The van der Waals surface area contributed by atoms with Gasteiger partial charge in [0.1, 0.15) is 6.61 Å². The second-order valence-electron chi connectivity index (χ2n) is 2.58. The Hall–Kier alpha value is -0.510. The molecule has 2 bridgehead atoms. The van der Waals surface area contributed by atoms with E-state index < -0.39 is 7.82 Å². The van der Waals surface area contributed by atoms with Crippen LogP contribution in [0.3, 0.4) is 0 Å². The van der Waals surface area contributed by atoms with Crippen LogP contribution >= 0.6 is 7.82 Å². The van der Waals surface area contributed by atoms with Crippen molar-refractivity contribution in [1.29, 1.82) is 0 Å². The van der Waals surface area contributed by atoms with E-state index in [1.165, 1.54) is 0 Å². The van der Waals surface area contributed by atoms with Crippen LogP contribution in [0.1, 0.15) is 12.8 Å². The summed E-state index contributed by atoms with van der Waals surface area (Å²) in [5.41, 5.74) is 0. The molecule has 0 aliphatic carbocycles. The first-order valence-electron chi connectivity index (χ1n) is 3.70. The summed E-state index contributed by atoms with van der Waals surface area (Å²) in [6.07, 6.45) is 1.14. The van der Waals surface area contributed by atoms with Gasteiger partial charge >= 0.3 is 7.82 Å². The lowest BCUT2D eigenvalue weighted by atomic mass is 10.2. The highest BCUT2D eigenvalue weighted by molar-refractivity contribution is 7.49. The Bertz CT molecular complexity index is 271. The molecule has 2 aliphatic rings. The molecule has 6 heteroatoms. The molecule has 1 atom stereocenters. The Morgan fingerprint density at radius 2 is 2.33 bits per heavy atom. The maximum absolute atomic E-state index is 11.2. The molecule has 0 spiro atoms. The summed E-state index contributed by atoms with van der Waals surface area (Å²) in [6.45, 7) is 0.323. The molecular weight excluding hydrogens is 183 g/mol. The Balaban J connectivity index is 2.05. The molecule has 0 amide bonds. The van der Waals surface area contributed by atoms with Crippen LogP contribution in [0, 0.1) is 0 Å². The van der Waals surface area contributed by atoms with Crippen molar-refractivity contribution < 1.29 is 23.2 Å². The molecule has 2 heterocycles. The molecule has 1 fully saturated rings. The number of aliphatic hydroxyl groups is 1. The van der Waals surface area contributed by atoms with Crippen molar-refractivity contribution in [3.8, 4) is 0 Å². The van der Waals surface area contributed by atoms with Gasteiger partial charge in [-0.05, 0) is 6.42 Å². The fourth-order valence-corrected chi connectivity index (χ4v) is 2.42. The Morgan fingerprint density at radius 1 is 1.50 bits per heavy atom. The normalized spacial score (nSPS) is 32.1. The Kier molecular flexibility index (Phi) is 1.87. The highest BCUT2D eigenvalue weighted by Crippen LogP contribution is 2.64. The van der Waals surface area contributed by atoms with Gasteiger partial charge in [-0.1, -0.05) is 0 Å². The maximum Gasteiger partial charge on any atom is 0.587 e. The number of hydrogen-bond acceptors (Lipinski definition) is 5. The minimum absolute atomic E-state index is 0.0886. The molecule has 68 valence electrons. The zero-order chi connectivity index (χ0) is 8.60. The minimum atomic E-state index is -3.23. The van der Waals surface area contributed by atoms with E-state index in [1.54, 1.807) is 0 Å². The number of phosphoric ester groups is 1. The van der Waals surface area contributed by atoms with E-state index in [4.69, 9.17) is 18.7 Å². The summed E-state index contributed by atoms with van der Waals surface area (Å²) in [4.78, 5) is 0. The second-order valence-corrected chi connectivity index (χ2v) is 4.09. The molecule has 0 aromatic carbocycles. The molecule has 0 saturated carbocycles. The quantitative estimate of drug-likeness (QED) is 0.679. The average Bonchev–Trinajstić information content (AvgIpc) is 2.55. The van der Waals surface area contributed by atoms with Gasteiger partial charge in [0.05, 0.1) is 0 Å². The van der Waals surface area contributed by atoms with Crippen molar-refractivity contribution >= 4 is 7.82 Å². The van der Waals surface area contributed by atoms with Gasteiger partial charge in [-0.3, -0.25) is 4.52 Å². The first-order valence-corrected chi connectivity index (χ1v) is 5.16. The summed E-state index contributed by atoms with van der Waals surface area (Å²) < 4.78 is 25.8. The molecule has 12 heavy (non-hydrogen) atoms. The monoisotopic (exact) mass is 192 g/mol. The van der Waals surface area contributed by atoms with Crippen LogP contribution in [-0.2, 0) is 18.1 Å². The Morgan fingerprint density at radius 3 is 2.83 bits per heavy atom. The lowest BCUT2D eigenvalue weighted by molar-refractivity contribution is 0.231. The summed E-state index contributed by atoms with van der Waals surface area (Å²) in [7, 11) is -3.23. The van der Waals surface area contributed by atoms with E-state index >= 15 is 0 Å². The van der Waals surface area contributed by atoms with Crippen LogP contribution in [0.25, 0.3) is 0 Å². The van der Waals surface area contributed by atoms with Crippen molar-refractivity contribution in [2.45, 2.75) is 12.8 Å². The van der Waals surface area contributed by atoms with Gasteiger partial charge in [0.25, 0.3) is 0 Å². The highest BCUT2D eigenvalue weighted by Gasteiger charge is 2.47. The maximum atomic E-state index is 11.2. The van der Waals surface area contributed by atoms with Crippen LogP contribution in [-0.4, -0.2) is 18.3 Å². The first-order chi connectivity index (χ1) is 5.73. The number of fused-ring (bicyclic) bond motifs is 2. The molecule has 5 nitrogen and oxygen atoms in total. The van der Waals surface area contributed by atoms with Crippen molar-refractivity contribution in [3.05, 3.63) is 11.5 Å². The summed E-state index contributed by atoms with van der Waals surface area (Å²) in [6, 6.07) is 0. The van der Waals surface area contributed by atoms with Gasteiger partial charge in [0.2, 0.25) is 0 Å². The van der Waals surface area contributed by atoms with Crippen LogP contribution in [0.5, 0.6) is 0 Å². The van der Waals surface area contributed by atoms with Crippen LogP contribution in [0.15, 0.2) is 11.5 Å². The molecule has 0 aromatic rings. The van der Waals surface area contributed by atoms with Crippen molar-refractivity contribution in [1.82, 2.24) is 0 Å². The molecule has 1 unspecified atom stereocenters. The Labute approximate surface area is 69.5 Å². The molecule has 2 aliphatic heterocycles. The fraction of sp³-hybridized carbons (Fsp3) is 0.667. The van der Waals surface area contributed by atoms with E-state index in [2.05, 4.69) is 0 Å². The van der Waals surface area contributed by atoms with Gasteiger partial charge in [-0.2, -0.15) is 0 Å². The third kappa shape index (κ3) is 1.24.